The smallest absolute Gasteiger partial charge is 0.741 e. The van der Waals surface area contributed by atoms with E-state index in [1.165, 1.54) is 0 Å². The molecule has 0 aliphatic carbocycles. The summed E-state index contributed by atoms with van der Waals surface area (Å²) in [6.45, 7) is 2.75. The van der Waals surface area contributed by atoms with Crippen molar-refractivity contribution in [1.29, 1.82) is 0 Å². The molecule has 0 spiro atoms. The van der Waals surface area contributed by atoms with Crippen molar-refractivity contribution in [2.24, 2.45) is 20.4 Å². The van der Waals surface area contributed by atoms with Gasteiger partial charge in [-0.25, -0.2) is 0 Å². The van der Waals surface area contributed by atoms with E-state index in [-0.39, 0.29) is 27.4 Å². The standard InChI is InChI=1S/C16H22F3N7S2.Cu/c1-4-21-14(27)26-24-13(11-5-7-12(20-3)8-6-11)10(2)23-25-15(28)22-9-16(17,18)19;/h5-8,20H,4,9H2,1-3H3,(H2,21,26,27)(H2,22,25,28);/q;+2/p-2. The average Bonchev–Trinajstić information content (AvgIpc) is 2.65. The Morgan fingerprint density at radius 1 is 0.966 bits per heavy atom. The van der Waals surface area contributed by atoms with E-state index in [1.54, 1.807) is 26.1 Å². The molecule has 0 aromatic heterocycles. The van der Waals surface area contributed by atoms with Crippen molar-refractivity contribution in [2.45, 2.75) is 20.0 Å². The molecular formula is C16H20CuF3N7S2. The Labute approximate surface area is 189 Å². The summed E-state index contributed by atoms with van der Waals surface area (Å²) in [5.74, 6) is 0. The zero-order valence-corrected chi connectivity index (χ0v) is 18.3. The van der Waals surface area contributed by atoms with Gasteiger partial charge in [-0.15, -0.1) is 5.10 Å². The van der Waals surface area contributed by atoms with Crippen molar-refractivity contribution in [2.75, 3.05) is 25.5 Å². The zero-order valence-electron chi connectivity index (χ0n) is 15.8. The Morgan fingerprint density at radius 2 is 1.52 bits per heavy atom. The summed E-state index contributed by atoms with van der Waals surface area (Å²) < 4.78 is 36.6. The monoisotopic (exact) mass is 494 g/mol. The van der Waals surface area contributed by atoms with Crippen molar-refractivity contribution in [3.8, 4) is 0 Å². The summed E-state index contributed by atoms with van der Waals surface area (Å²) in [6, 6.07) is 7.23. The van der Waals surface area contributed by atoms with E-state index in [2.05, 4.69) is 31.0 Å². The van der Waals surface area contributed by atoms with Gasteiger partial charge in [0.15, 0.2) is 0 Å². The number of hydrogen-bond donors (Lipinski definition) is 3. The van der Waals surface area contributed by atoms with Gasteiger partial charge in [-0.05, 0) is 36.3 Å². The molecule has 13 heteroatoms. The molecule has 1 aromatic carbocycles. The number of rotatable bonds is 7. The van der Waals surface area contributed by atoms with Gasteiger partial charge >= 0.3 is 23.2 Å². The number of nitrogens with one attached hydrogen (secondary N) is 3. The topological polar surface area (TPSA) is 85.5 Å². The van der Waals surface area contributed by atoms with Crippen LogP contribution in [-0.4, -0.2) is 48.1 Å². The van der Waals surface area contributed by atoms with Gasteiger partial charge in [0, 0.05) is 24.8 Å². The molecule has 0 aliphatic heterocycles. The van der Waals surface area contributed by atoms with Gasteiger partial charge in [-0.3, -0.25) is 0 Å². The average molecular weight is 495 g/mol. The Morgan fingerprint density at radius 3 is 2.03 bits per heavy atom. The summed E-state index contributed by atoms with van der Waals surface area (Å²) in [5, 5.41) is 23.1. The van der Waals surface area contributed by atoms with E-state index in [1.807, 2.05) is 24.4 Å². The first-order valence-corrected chi connectivity index (χ1v) is 8.93. The number of hydrogen-bond acceptors (Lipinski definition) is 7. The number of benzene rings is 1. The first kappa shape index (κ1) is 27.0. The first-order chi connectivity index (χ1) is 13.2. The zero-order chi connectivity index (χ0) is 21.2. The fourth-order valence-corrected chi connectivity index (χ4v) is 2.09. The minimum atomic E-state index is -4.40. The van der Waals surface area contributed by atoms with Gasteiger partial charge in [0.2, 0.25) is 0 Å². The number of alkyl halides is 3. The van der Waals surface area contributed by atoms with Gasteiger partial charge in [0.25, 0.3) is 0 Å². The van der Waals surface area contributed by atoms with E-state index >= 15 is 0 Å². The SMILES string of the molecule is CCNC([S-])=NN=C(C(C)=NN=C([S-])NCC(F)(F)F)c1ccc(NC)cc1.[Cu+2]. The number of nitrogens with zero attached hydrogens (tertiary/aromatic N) is 4. The van der Waals surface area contributed by atoms with Crippen LogP contribution < -0.4 is 16.0 Å². The first-order valence-electron chi connectivity index (χ1n) is 8.11. The van der Waals surface area contributed by atoms with Crippen molar-refractivity contribution in [3.63, 3.8) is 0 Å². The molecule has 0 amide bonds. The second kappa shape index (κ2) is 13.3. The van der Waals surface area contributed by atoms with E-state index in [0.29, 0.717) is 23.5 Å². The maximum absolute atomic E-state index is 12.2. The molecule has 29 heavy (non-hydrogen) atoms. The Bertz CT molecular complexity index is 763. The van der Waals surface area contributed by atoms with Gasteiger partial charge in [-0.1, -0.05) is 12.1 Å². The molecule has 0 fully saturated rings. The number of anilines is 1. The maximum atomic E-state index is 12.2. The Balaban J connectivity index is 0.00000784. The summed E-state index contributed by atoms with van der Waals surface area (Å²) in [5.41, 5.74) is 2.22. The third kappa shape index (κ3) is 11.0. The Hall–Kier alpha value is -1.95. The summed E-state index contributed by atoms with van der Waals surface area (Å²) in [7, 11) is 1.79. The molecule has 1 radical (unpaired) electrons. The van der Waals surface area contributed by atoms with Crippen LogP contribution >= 0.6 is 0 Å². The maximum Gasteiger partial charge on any atom is 2.00 e. The summed E-state index contributed by atoms with van der Waals surface area (Å²) in [6.07, 6.45) is -4.40. The van der Waals surface area contributed by atoms with E-state index in [4.69, 9.17) is 25.3 Å². The predicted octanol–water partition coefficient (Wildman–Crippen LogP) is 2.37. The minimum absolute atomic E-state index is 0. The molecule has 3 N–H and O–H groups in total. The quantitative estimate of drug-likeness (QED) is 0.178. The van der Waals surface area contributed by atoms with Crippen LogP contribution in [0.4, 0.5) is 18.9 Å². The van der Waals surface area contributed by atoms with Crippen LogP contribution in [0, 0.1) is 0 Å². The van der Waals surface area contributed by atoms with Crippen LogP contribution in [0.3, 0.4) is 0 Å². The molecule has 7 nitrogen and oxygen atoms in total. The van der Waals surface area contributed by atoms with Crippen LogP contribution in [0.5, 0.6) is 0 Å². The van der Waals surface area contributed by atoms with Crippen molar-refractivity contribution in [3.05, 3.63) is 29.8 Å². The molecule has 0 aliphatic rings. The molecule has 0 saturated heterocycles. The molecule has 0 saturated carbocycles. The minimum Gasteiger partial charge on any atom is -0.741 e. The van der Waals surface area contributed by atoms with Crippen LogP contribution in [-0.2, 0) is 42.3 Å². The fraction of sp³-hybridized carbons (Fsp3) is 0.375. The van der Waals surface area contributed by atoms with Gasteiger partial charge in [0.1, 0.15) is 12.3 Å². The second-order valence-corrected chi connectivity index (χ2v) is 6.04. The van der Waals surface area contributed by atoms with E-state index < -0.39 is 12.7 Å². The van der Waals surface area contributed by atoms with Gasteiger partial charge in [-0.2, -0.15) is 28.5 Å². The molecule has 0 heterocycles. The largest absolute Gasteiger partial charge is 2.00 e. The number of amidine groups is 2. The van der Waals surface area contributed by atoms with Crippen molar-refractivity contribution < 1.29 is 30.2 Å². The molecule has 0 bridgehead atoms. The predicted molar refractivity (Wildman–Crippen MR) is 113 cm³/mol. The van der Waals surface area contributed by atoms with Gasteiger partial charge < -0.3 is 41.2 Å². The number of halogens is 3. The Kier molecular flexibility index (Phi) is 12.4. The van der Waals surface area contributed by atoms with E-state index in [0.717, 1.165) is 5.69 Å². The third-order valence-corrected chi connectivity index (χ3v) is 3.54. The second-order valence-electron chi connectivity index (χ2n) is 5.27. The van der Waals surface area contributed by atoms with Crippen molar-refractivity contribution >= 4 is 52.7 Å². The van der Waals surface area contributed by atoms with Crippen LogP contribution in [0.1, 0.15) is 19.4 Å². The molecule has 163 valence electrons. The normalized spacial score (nSPS) is 13.6. The summed E-state index contributed by atoms with van der Waals surface area (Å²) in [4.78, 5) is 0. The molecule has 0 unspecified atom stereocenters. The third-order valence-electron chi connectivity index (χ3n) is 3.09. The summed E-state index contributed by atoms with van der Waals surface area (Å²) >= 11 is 9.76. The molecule has 0 atom stereocenters. The van der Waals surface area contributed by atoms with Crippen LogP contribution in [0.25, 0.3) is 0 Å². The van der Waals surface area contributed by atoms with Gasteiger partial charge in [0.05, 0.1) is 5.71 Å². The fourth-order valence-electron chi connectivity index (χ4n) is 1.79. The van der Waals surface area contributed by atoms with E-state index in [9.17, 15) is 13.2 Å². The molecule has 1 aromatic rings. The molecule has 1 rings (SSSR count). The van der Waals surface area contributed by atoms with Crippen molar-refractivity contribution in [1.82, 2.24) is 10.6 Å². The van der Waals surface area contributed by atoms with Crippen LogP contribution in [0.15, 0.2) is 44.7 Å². The molecular weight excluding hydrogens is 475 g/mol. The van der Waals surface area contributed by atoms with Crippen LogP contribution in [0.2, 0.25) is 0 Å².